The first kappa shape index (κ1) is 34.9. The number of para-hydroxylation sites is 5. The Labute approximate surface area is 353 Å². The van der Waals surface area contributed by atoms with Gasteiger partial charge < -0.3 is 13.9 Å². The van der Waals surface area contributed by atoms with Gasteiger partial charge in [-0.1, -0.05) is 158 Å². The fourth-order valence-corrected chi connectivity index (χ4v) is 9.31. The molecule has 0 fully saturated rings. The zero-order valence-corrected chi connectivity index (χ0v) is 33.2. The minimum Gasteiger partial charge on any atom is -0.456 e. The molecule has 0 bridgehead atoms. The molecule has 0 aliphatic heterocycles. The number of rotatable bonds is 7. The Balaban J connectivity index is 1.02. The summed E-state index contributed by atoms with van der Waals surface area (Å²) in [5.41, 5.74) is 15.5. The van der Waals surface area contributed by atoms with Gasteiger partial charge in [-0.3, -0.25) is 0 Å². The van der Waals surface area contributed by atoms with Crippen molar-refractivity contribution >= 4 is 71.6 Å². The molecule has 61 heavy (non-hydrogen) atoms. The van der Waals surface area contributed by atoms with E-state index in [1.165, 1.54) is 43.7 Å². The molecule has 286 valence electrons. The van der Waals surface area contributed by atoms with Crippen molar-refractivity contribution in [2.45, 2.75) is 0 Å². The Morgan fingerprint density at radius 3 is 1.75 bits per heavy atom. The maximum atomic E-state index is 6.25. The number of nitrogens with zero attached hydrogens (tertiary/aromatic N) is 2. The van der Waals surface area contributed by atoms with Crippen LogP contribution in [0.15, 0.2) is 235 Å². The lowest BCUT2D eigenvalue weighted by Crippen LogP contribution is -2.11. The molecule has 0 atom stereocenters. The lowest BCUT2D eigenvalue weighted by atomic mass is 9.98. The average Bonchev–Trinajstić information content (AvgIpc) is 3.87. The van der Waals surface area contributed by atoms with Gasteiger partial charge in [0, 0.05) is 44.0 Å². The molecular weight excluding hydrogens is 741 g/mol. The number of anilines is 3. The van der Waals surface area contributed by atoms with Gasteiger partial charge in [0.2, 0.25) is 0 Å². The van der Waals surface area contributed by atoms with E-state index >= 15 is 0 Å². The molecule has 0 N–H and O–H groups in total. The van der Waals surface area contributed by atoms with E-state index < -0.39 is 0 Å². The first-order valence-corrected chi connectivity index (χ1v) is 20.8. The first-order chi connectivity index (χ1) is 30.2. The number of benzene rings is 10. The minimum atomic E-state index is 0.888. The Kier molecular flexibility index (Phi) is 8.17. The van der Waals surface area contributed by atoms with Gasteiger partial charge in [-0.2, -0.15) is 0 Å². The quantitative estimate of drug-likeness (QED) is 0.161. The summed E-state index contributed by atoms with van der Waals surface area (Å²) >= 11 is 0. The van der Waals surface area contributed by atoms with Gasteiger partial charge in [0.25, 0.3) is 0 Å². The molecule has 2 aromatic heterocycles. The van der Waals surface area contributed by atoms with Gasteiger partial charge in [0.15, 0.2) is 0 Å². The molecule has 0 unspecified atom stereocenters. The van der Waals surface area contributed by atoms with E-state index in [9.17, 15) is 0 Å². The molecule has 0 amide bonds. The van der Waals surface area contributed by atoms with Gasteiger partial charge >= 0.3 is 0 Å². The zero-order chi connectivity index (χ0) is 40.3. The van der Waals surface area contributed by atoms with E-state index in [-0.39, 0.29) is 0 Å². The second-order valence-corrected chi connectivity index (χ2v) is 15.7. The third-order valence-corrected chi connectivity index (χ3v) is 12.2. The zero-order valence-electron chi connectivity index (χ0n) is 33.2. The highest BCUT2D eigenvalue weighted by Crippen LogP contribution is 2.44. The fourth-order valence-electron chi connectivity index (χ4n) is 9.31. The van der Waals surface area contributed by atoms with Crippen LogP contribution in [0, 0.1) is 0 Å². The molecule has 0 aliphatic carbocycles. The van der Waals surface area contributed by atoms with E-state index in [2.05, 4.69) is 228 Å². The van der Waals surface area contributed by atoms with Crippen molar-refractivity contribution in [3.8, 4) is 39.1 Å². The normalized spacial score (nSPS) is 11.6. The summed E-state index contributed by atoms with van der Waals surface area (Å²) in [6.45, 7) is 0. The molecule has 0 radical (unpaired) electrons. The van der Waals surface area contributed by atoms with E-state index in [0.29, 0.717) is 0 Å². The highest BCUT2D eigenvalue weighted by atomic mass is 16.3. The summed E-state index contributed by atoms with van der Waals surface area (Å²) < 4.78 is 8.66. The topological polar surface area (TPSA) is 21.3 Å². The van der Waals surface area contributed by atoms with Gasteiger partial charge in [-0.25, -0.2) is 0 Å². The van der Waals surface area contributed by atoms with Gasteiger partial charge in [0.05, 0.1) is 22.4 Å². The fraction of sp³-hybridized carbons (Fsp3) is 0. The summed E-state index contributed by atoms with van der Waals surface area (Å²) in [5, 5.41) is 7.20. The van der Waals surface area contributed by atoms with E-state index in [0.717, 1.165) is 66.9 Å². The van der Waals surface area contributed by atoms with Crippen molar-refractivity contribution in [1.29, 1.82) is 0 Å². The van der Waals surface area contributed by atoms with Crippen LogP contribution in [0.5, 0.6) is 0 Å². The summed E-state index contributed by atoms with van der Waals surface area (Å²) in [5.74, 6) is 0. The largest absolute Gasteiger partial charge is 0.456 e. The summed E-state index contributed by atoms with van der Waals surface area (Å²) in [4.78, 5) is 2.40. The van der Waals surface area contributed by atoms with Crippen LogP contribution in [0.25, 0.3) is 93.6 Å². The highest BCUT2D eigenvalue weighted by molar-refractivity contribution is 6.10. The van der Waals surface area contributed by atoms with E-state index in [1.807, 2.05) is 12.1 Å². The number of furan rings is 1. The number of aromatic nitrogens is 1. The predicted octanol–water partition coefficient (Wildman–Crippen LogP) is 16.3. The predicted molar refractivity (Wildman–Crippen MR) is 257 cm³/mol. The van der Waals surface area contributed by atoms with Gasteiger partial charge in [-0.05, 0) is 106 Å². The van der Waals surface area contributed by atoms with Crippen molar-refractivity contribution in [3.63, 3.8) is 0 Å². The van der Waals surface area contributed by atoms with Crippen LogP contribution in [-0.2, 0) is 0 Å². The van der Waals surface area contributed by atoms with Crippen LogP contribution in [0.4, 0.5) is 17.1 Å². The van der Waals surface area contributed by atoms with Crippen LogP contribution >= 0.6 is 0 Å². The average molecular weight is 779 g/mol. The number of hydrogen-bond donors (Lipinski definition) is 0. The molecule has 10 aromatic carbocycles. The monoisotopic (exact) mass is 778 g/mol. The van der Waals surface area contributed by atoms with E-state index in [1.54, 1.807) is 0 Å². The smallest absolute Gasteiger partial charge is 0.135 e. The third kappa shape index (κ3) is 5.90. The SMILES string of the molecule is c1cc(-c2ccc3ccccc3c2)cc(N(c2ccc(-c3ccccc3-n3c4ccccc4c4ccccc43)cc2)c2ccccc2-c2ccc3oc4ccccc4c3c2)c1. The van der Waals surface area contributed by atoms with Crippen molar-refractivity contribution in [2.24, 2.45) is 0 Å². The maximum absolute atomic E-state index is 6.25. The summed E-state index contributed by atoms with van der Waals surface area (Å²) in [6.07, 6.45) is 0. The molecule has 0 saturated heterocycles. The maximum Gasteiger partial charge on any atom is 0.135 e. The molecular formula is C58H38N2O. The standard InChI is InChI=1S/C58H38N2O/c1-2-15-41-36-43(29-28-39(41)14-1)42-16-13-17-46(37-42)59(53-23-8-4-19-48(53)44-32-35-58-52(38-44)51-22-7-12-27-57(51)61-58)45-33-30-40(31-34-45)47-18-3-9-24-54(47)60-55-25-10-5-20-49(55)50-21-6-11-26-56(50)60/h1-38H. The Bertz CT molecular complexity index is 3560. The Morgan fingerprint density at radius 1 is 0.328 bits per heavy atom. The number of hydrogen-bond acceptors (Lipinski definition) is 2. The van der Waals surface area contributed by atoms with Crippen LogP contribution in [-0.4, -0.2) is 4.57 Å². The van der Waals surface area contributed by atoms with Crippen molar-refractivity contribution < 1.29 is 4.42 Å². The first-order valence-electron chi connectivity index (χ1n) is 20.8. The van der Waals surface area contributed by atoms with Crippen molar-refractivity contribution in [3.05, 3.63) is 231 Å². The minimum absolute atomic E-state index is 0.888. The van der Waals surface area contributed by atoms with Gasteiger partial charge in [0.1, 0.15) is 11.2 Å². The van der Waals surface area contributed by atoms with Crippen LogP contribution in [0.3, 0.4) is 0 Å². The summed E-state index contributed by atoms with van der Waals surface area (Å²) in [7, 11) is 0. The van der Waals surface area contributed by atoms with E-state index in [4.69, 9.17) is 4.42 Å². The van der Waals surface area contributed by atoms with Gasteiger partial charge in [-0.15, -0.1) is 0 Å². The highest BCUT2D eigenvalue weighted by Gasteiger charge is 2.20. The molecule has 2 heterocycles. The lowest BCUT2D eigenvalue weighted by Gasteiger charge is -2.28. The second-order valence-electron chi connectivity index (χ2n) is 15.7. The molecule has 0 spiro atoms. The Hall–Kier alpha value is -8.14. The molecule has 0 saturated carbocycles. The lowest BCUT2D eigenvalue weighted by molar-refractivity contribution is 0.669. The molecule has 12 rings (SSSR count). The molecule has 0 aliphatic rings. The molecule has 3 heteroatoms. The summed E-state index contributed by atoms with van der Waals surface area (Å²) in [6, 6.07) is 83.1. The Morgan fingerprint density at radius 2 is 0.934 bits per heavy atom. The van der Waals surface area contributed by atoms with Crippen molar-refractivity contribution in [1.82, 2.24) is 4.57 Å². The van der Waals surface area contributed by atoms with Crippen LogP contribution in [0.2, 0.25) is 0 Å². The van der Waals surface area contributed by atoms with Crippen molar-refractivity contribution in [2.75, 3.05) is 4.90 Å². The number of fused-ring (bicyclic) bond motifs is 7. The second kappa shape index (κ2) is 14.3. The van der Waals surface area contributed by atoms with Crippen LogP contribution < -0.4 is 4.90 Å². The molecule has 3 nitrogen and oxygen atoms in total. The third-order valence-electron chi connectivity index (χ3n) is 12.2. The van der Waals surface area contributed by atoms with Crippen LogP contribution in [0.1, 0.15) is 0 Å². The molecule has 12 aromatic rings.